The highest BCUT2D eigenvalue weighted by molar-refractivity contribution is 7.09. The number of nitrogens with zero attached hydrogens (tertiary/aromatic N) is 1. The van der Waals surface area contributed by atoms with Gasteiger partial charge in [-0.25, -0.2) is 0 Å². The van der Waals surface area contributed by atoms with Crippen LogP contribution < -0.4 is 0 Å². The van der Waals surface area contributed by atoms with E-state index in [1.807, 2.05) is 11.3 Å². The molecule has 0 radical (unpaired) electrons. The molecule has 0 unspecified atom stereocenters. The van der Waals surface area contributed by atoms with Crippen LogP contribution in [0.5, 0.6) is 0 Å². The van der Waals surface area contributed by atoms with Gasteiger partial charge in [0.15, 0.2) is 0 Å². The second-order valence-corrected chi connectivity index (χ2v) is 6.24. The SMILES string of the molecule is CCCCC(=O)N1CCC(Cc2cccs2)CC1. The maximum Gasteiger partial charge on any atom is 0.222 e. The van der Waals surface area contributed by atoms with E-state index >= 15 is 0 Å². The number of amides is 1. The summed E-state index contributed by atoms with van der Waals surface area (Å²) in [5.41, 5.74) is 0. The molecule has 0 spiro atoms. The Hall–Kier alpha value is -0.830. The number of hydrogen-bond donors (Lipinski definition) is 0. The molecule has 1 saturated heterocycles. The molecule has 3 heteroatoms. The standard InChI is InChI=1S/C15H23NOS/c1-2-3-6-15(17)16-9-7-13(8-10-16)12-14-5-4-11-18-14/h4-5,11,13H,2-3,6-10,12H2,1H3. The summed E-state index contributed by atoms with van der Waals surface area (Å²) in [6.07, 6.45) is 6.45. The zero-order chi connectivity index (χ0) is 12.8. The molecule has 0 bridgehead atoms. The van der Waals surface area contributed by atoms with Gasteiger partial charge in [0, 0.05) is 24.4 Å². The van der Waals surface area contributed by atoms with Gasteiger partial charge in [0.1, 0.15) is 0 Å². The van der Waals surface area contributed by atoms with Crippen LogP contribution >= 0.6 is 11.3 Å². The van der Waals surface area contributed by atoms with Crippen LogP contribution in [-0.4, -0.2) is 23.9 Å². The molecular weight excluding hydrogens is 242 g/mol. The van der Waals surface area contributed by atoms with Crippen molar-refractivity contribution in [2.24, 2.45) is 5.92 Å². The second kappa shape index (κ2) is 6.93. The molecular formula is C15H23NOS. The zero-order valence-corrected chi connectivity index (χ0v) is 12.0. The number of thiophene rings is 1. The van der Waals surface area contributed by atoms with E-state index in [4.69, 9.17) is 0 Å². The summed E-state index contributed by atoms with van der Waals surface area (Å²) in [6, 6.07) is 4.35. The van der Waals surface area contributed by atoms with Crippen molar-refractivity contribution >= 4 is 17.2 Å². The summed E-state index contributed by atoms with van der Waals surface area (Å²) in [7, 11) is 0. The number of hydrogen-bond acceptors (Lipinski definition) is 2. The molecule has 18 heavy (non-hydrogen) atoms. The van der Waals surface area contributed by atoms with Gasteiger partial charge >= 0.3 is 0 Å². The quantitative estimate of drug-likeness (QED) is 0.794. The fourth-order valence-corrected chi connectivity index (χ4v) is 3.41. The van der Waals surface area contributed by atoms with E-state index in [1.165, 1.54) is 24.1 Å². The van der Waals surface area contributed by atoms with Crippen LogP contribution in [0.25, 0.3) is 0 Å². The number of carbonyl (C=O) groups excluding carboxylic acids is 1. The maximum absolute atomic E-state index is 11.9. The Kier molecular flexibility index (Phi) is 5.24. The summed E-state index contributed by atoms with van der Waals surface area (Å²) < 4.78 is 0. The molecule has 1 aromatic heterocycles. The van der Waals surface area contributed by atoms with Crippen LogP contribution in [0, 0.1) is 5.92 Å². The molecule has 0 aromatic carbocycles. The molecule has 1 fully saturated rings. The predicted molar refractivity (Wildman–Crippen MR) is 76.9 cm³/mol. The number of rotatable bonds is 5. The lowest BCUT2D eigenvalue weighted by Gasteiger charge is -2.32. The Morgan fingerprint density at radius 2 is 2.22 bits per heavy atom. The Morgan fingerprint density at radius 3 is 2.83 bits per heavy atom. The van der Waals surface area contributed by atoms with Crippen LogP contribution in [0.15, 0.2) is 17.5 Å². The van der Waals surface area contributed by atoms with Gasteiger partial charge in [-0.05, 0) is 43.0 Å². The van der Waals surface area contributed by atoms with E-state index in [1.54, 1.807) is 0 Å². The largest absolute Gasteiger partial charge is 0.343 e. The van der Waals surface area contributed by atoms with Gasteiger partial charge in [-0.1, -0.05) is 19.4 Å². The van der Waals surface area contributed by atoms with Crippen molar-refractivity contribution in [3.8, 4) is 0 Å². The predicted octanol–water partition coefficient (Wildman–Crippen LogP) is 3.72. The average molecular weight is 265 g/mol. The molecule has 1 aromatic rings. The molecule has 100 valence electrons. The lowest BCUT2D eigenvalue weighted by Crippen LogP contribution is -2.38. The number of carbonyl (C=O) groups is 1. The summed E-state index contributed by atoms with van der Waals surface area (Å²) in [4.78, 5) is 15.5. The highest BCUT2D eigenvalue weighted by atomic mass is 32.1. The molecule has 0 saturated carbocycles. The Bertz CT molecular complexity index is 353. The summed E-state index contributed by atoms with van der Waals surface area (Å²) in [5, 5.41) is 2.15. The molecule has 0 N–H and O–H groups in total. The lowest BCUT2D eigenvalue weighted by atomic mass is 9.92. The smallest absolute Gasteiger partial charge is 0.222 e. The van der Waals surface area contributed by atoms with Gasteiger partial charge in [-0.15, -0.1) is 11.3 Å². The molecule has 2 nitrogen and oxygen atoms in total. The average Bonchev–Trinajstić information content (AvgIpc) is 2.89. The minimum atomic E-state index is 0.367. The Labute approximate surface area is 114 Å². The molecule has 0 atom stereocenters. The second-order valence-electron chi connectivity index (χ2n) is 5.21. The molecule has 2 heterocycles. The summed E-state index contributed by atoms with van der Waals surface area (Å²) in [6.45, 7) is 4.08. The van der Waals surface area contributed by atoms with Crippen molar-refractivity contribution in [2.75, 3.05) is 13.1 Å². The van der Waals surface area contributed by atoms with Crippen molar-refractivity contribution in [1.29, 1.82) is 0 Å². The number of unbranched alkanes of at least 4 members (excludes halogenated alkanes) is 1. The molecule has 1 amide bonds. The Morgan fingerprint density at radius 1 is 1.44 bits per heavy atom. The minimum Gasteiger partial charge on any atom is -0.343 e. The van der Waals surface area contributed by atoms with Gasteiger partial charge in [-0.3, -0.25) is 4.79 Å². The first-order valence-corrected chi connectivity index (χ1v) is 7.97. The van der Waals surface area contributed by atoms with Crippen molar-refractivity contribution in [3.05, 3.63) is 22.4 Å². The molecule has 0 aliphatic carbocycles. The lowest BCUT2D eigenvalue weighted by molar-refractivity contribution is -0.132. The van der Waals surface area contributed by atoms with Crippen LogP contribution in [0.2, 0.25) is 0 Å². The third-order valence-corrected chi connectivity index (χ3v) is 4.68. The fourth-order valence-electron chi connectivity index (χ4n) is 2.59. The van der Waals surface area contributed by atoms with Crippen molar-refractivity contribution in [1.82, 2.24) is 4.90 Å². The van der Waals surface area contributed by atoms with Crippen LogP contribution in [-0.2, 0) is 11.2 Å². The monoisotopic (exact) mass is 265 g/mol. The third kappa shape index (κ3) is 3.84. The van der Waals surface area contributed by atoms with Crippen LogP contribution in [0.4, 0.5) is 0 Å². The highest BCUT2D eigenvalue weighted by Gasteiger charge is 2.22. The normalized spacial score (nSPS) is 17.1. The first-order valence-electron chi connectivity index (χ1n) is 7.09. The third-order valence-electron chi connectivity index (χ3n) is 3.78. The topological polar surface area (TPSA) is 20.3 Å². The molecule has 1 aliphatic rings. The van der Waals surface area contributed by atoms with Crippen LogP contribution in [0.3, 0.4) is 0 Å². The minimum absolute atomic E-state index is 0.367. The summed E-state index contributed by atoms with van der Waals surface area (Å²) >= 11 is 1.85. The highest BCUT2D eigenvalue weighted by Crippen LogP contribution is 2.24. The van der Waals surface area contributed by atoms with Crippen molar-refractivity contribution < 1.29 is 4.79 Å². The zero-order valence-electron chi connectivity index (χ0n) is 11.2. The number of piperidine rings is 1. The van der Waals surface area contributed by atoms with Crippen molar-refractivity contribution in [2.45, 2.75) is 45.4 Å². The Balaban J connectivity index is 1.72. The van der Waals surface area contributed by atoms with E-state index in [9.17, 15) is 4.79 Å². The van der Waals surface area contributed by atoms with E-state index in [2.05, 4.69) is 29.3 Å². The summed E-state index contributed by atoms with van der Waals surface area (Å²) in [5.74, 6) is 1.14. The van der Waals surface area contributed by atoms with Gasteiger partial charge in [0.2, 0.25) is 5.91 Å². The van der Waals surface area contributed by atoms with Crippen LogP contribution in [0.1, 0.15) is 43.9 Å². The first-order chi connectivity index (χ1) is 8.79. The van der Waals surface area contributed by atoms with Gasteiger partial charge < -0.3 is 4.90 Å². The van der Waals surface area contributed by atoms with Gasteiger partial charge in [0.05, 0.1) is 0 Å². The van der Waals surface area contributed by atoms with Gasteiger partial charge in [-0.2, -0.15) is 0 Å². The van der Waals surface area contributed by atoms with E-state index in [0.717, 1.165) is 38.3 Å². The first kappa shape index (κ1) is 13.6. The maximum atomic E-state index is 11.9. The van der Waals surface area contributed by atoms with E-state index in [-0.39, 0.29) is 0 Å². The fraction of sp³-hybridized carbons (Fsp3) is 0.667. The van der Waals surface area contributed by atoms with Crippen molar-refractivity contribution in [3.63, 3.8) is 0 Å². The van der Waals surface area contributed by atoms with Gasteiger partial charge in [0.25, 0.3) is 0 Å². The molecule has 2 rings (SSSR count). The van der Waals surface area contributed by atoms with E-state index in [0.29, 0.717) is 5.91 Å². The molecule has 1 aliphatic heterocycles. The number of likely N-dealkylation sites (tertiary alicyclic amines) is 1. The van der Waals surface area contributed by atoms with E-state index < -0.39 is 0 Å².